The zero-order valence-corrected chi connectivity index (χ0v) is 20.4. The lowest BCUT2D eigenvalue weighted by Gasteiger charge is -2.13. The third kappa shape index (κ3) is 7.52. The molecule has 0 radical (unpaired) electrons. The number of carbonyl (C=O) groups is 2. The van der Waals surface area contributed by atoms with Gasteiger partial charge in [-0.25, -0.2) is 10.2 Å². The average molecular weight is 507 g/mol. The number of non-ortho nitro benzene ring substituents is 1. The van der Waals surface area contributed by atoms with E-state index in [1.54, 1.807) is 49.4 Å². The summed E-state index contributed by atoms with van der Waals surface area (Å²) in [6.07, 6.45) is 0.492. The number of nitrogens with one attached hydrogen (secondary N) is 1. The van der Waals surface area contributed by atoms with Crippen molar-refractivity contribution in [2.24, 2.45) is 5.10 Å². The summed E-state index contributed by atoms with van der Waals surface area (Å²) in [7, 11) is 1.54. The SMILES string of the molecule is CCOc1cc(/C=N\NC(=O)[C@H](C)Oc2ccc([N+](=O)[O-])cc2)ccc1OC(=O)c1ccc(OC)cc1. The molecule has 0 aromatic heterocycles. The van der Waals surface area contributed by atoms with Crippen LogP contribution in [0.2, 0.25) is 0 Å². The van der Waals surface area contributed by atoms with Crippen LogP contribution >= 0.6 is 0 Å². The van der Waals surface area contributed by atoms with Crippen LogP contribution in [0.5, 0.6) is 23.0 Å². The van der Waals surface area contributed by atoms with Gasteiger partial charge in [0.05, 0.1) is 30.4 Å². The van der Waals surface area contributed by atoms with Gasteiger partial charge in [0.15, 0.2) is 17.6 Å². The predicted octanol–water partition coefficient (Wildman–Crippen LogP) is 4.14. The highest BCUT2D eigenvalue weighted by Crippen LogP contribution is 2.29. The maximum atomic E-state index is 12.5. The number of ether oxygens (including phenoxy) is 4. The molecule has 0 aliphatic carbocycles. The molecule has 0 saturated heterocycles. The smallest absolute Gasteiger partial charge is 0.343 e. The number of hydrogen-bond donors (Lipinski definition) is 1. The molecule has 0 unspecified atom stereocenters. The van der Waals surface area contributed by atoms with Crippen molar-refractivity contribution in [2.45, 2.75) is 20.0 Å². The van der Waals surface area contributed by atoms with Gasteiger partial charge in [0.25, 0.3) is 11.6 Å². The van der Waals surface area contributed by atoms with Gasteiger partial charge in [-0.3, -0.25) is 14.9 Å². The van der Waals surface area contributed by atoms with Gasteiger partial charge in [-0.2, -0.15) is 5.10 Å². The van der Waals surface area contributed by atoms with Crippen molar-refractivity contribution in [2.75, 3.05) is 13.7 Å². The number of hydrazone groups is 1. The normalized spacial score (nSPS) is 11.4. The van der Waals surface area contributed by atoms with Gasteiger partial charge in [0.1, 0.15) is 11.5 Å². The Kier molecular flexibility index (Phi) is 9.14. The van der Waals surface area contributed by atoms with Gasteiger partial charge in [0, 0.05) is 12.1 Å². The number of esters is 1. The summed E-state index contributed by atoms with van der Waals surface area (Å²) in [5, 5.41) is 14.7. The predicted molar refractivity (Wildman–Crippen MR) is 134 cm³/mol. The monoisotopic (exact) mass is 507 g/mol. The summed E-state index contributed by atoms with van der Waals surface area (Å²) in [6.45, 7) is 3.65. The summed E-state index contributed by atoms with van der Waals surface area (Å²) < 4.78 is 21.7. The minimum atomic E-state index is -0.905. The standard InChI is InChI=1S/C26H25N3O8/c1-4-35-24-15-18(5-14-23(24)37-26(31)19-6-10-21(34-3)11-7-19)16-27-28-25(30)17(2)36-22-12-8-20(9-13-22)29(32)33/h5-17H,4H2,1-3H3,(H,28,30)/b27-16-/t17-/m0/s1. The average Bonchev–Trinajstić information content (AvgIpc) is 2.90. The lowest BCUT2D eigenvalue weighted by atomic mass is 10.2. The molecule has 0 fully saturated rings. The summed E-state index contributed by atoms with van der Waals surface area (Å²) in [5.41, 5.74) is 3.22. The van der Waals surface area contributed by atoms with Crippen LogP contribution in [0.4, 0.5) is 5.69 Å². The Morgan fingerprint density at radius 2 is 1.70 bits per heavy atom. The molecule has 11 heteroatoms. The molecule has 0 spiro atoms. The minimum Gasteiger partial charge on any atom is -0.497 e. The molecular formula is C26H25N3O8. The zero-order valence-electron chi connectivity index (χ0n) is 20.4. The van der Waals surface area contributed by atoms with Crippen molar-refractivity contribution in [3.05, 3.63) is 88.0 Å². The van der Waals surface area contributed by atoms with Crippen LogP contribution in [0.15, 0.2) is 71.8 Å². The summed E-state index contributed by atoms with van der Waals surface area (Å²) in [4.78, 5) is 35.0. The van der Waals surface area contributed by atoms with Gasteiger partial charge < -0.3 is 18.9 Å². The number of carbonyl (C=O) groups excluding carboxylic acids is 2. The second-order valence-corrected chi connectivity index (χ2v) is 7.50. The molecule has 1 N–H and O–H groups in total. The second kappa shape index (κ2) is 12.7. The molecule has 37 heavy (non-hydrogen) atoms. The van der Waals surface area contributed by atoms with Crippen molar-refractivity contribution >= 4 is 23.8 Å². The highest BCUT2D eigenvalue weighted by atomic mass is 16.6. The number of rotatable bonds is 11. The first-order valence-electron chi connectivity index (χ1n) is 11.2. The molecule has 11 nitrogen and oxygen atoms in total. The van der Waals surface area contributed by atoms with Crippen molar-refractivity contribution < 1.29 is 33.5 Å². The molecule has 3 rings (SSSR count). The van der Waals surface area contributed by atoms with E-state index in [4.69, 9.17) is 18.9 Å². The molecular weight excluding hydrogens is 482 g/mol. The molecule has 192 valence electrons. The van der Waals surface area contributed by atoms with Crippen molar-refractivity contribution in [1.29, 1.82) is 0 Å². The van der Waals surface area contributed by atoms with Crippen molar-refractivity contribution in [3.8, 4) is 23.0 Å². The van der Waals surface area contributed by atoms with Crippen LogP contribution in [-0.2, 0) is 4.79 Å². The lowest BCUT2D eigenvalue weighted by molar-refractivity contribution is -0.384. The van der Waals surface area contributed by atoms with E-state index in [2.05, 4.69) is 10.5 Å². The van der Waals surface area contributed by atoms with Gasteiger partial charge in [0.2, 0.25) is 0 Å². The Labute approximate surface area is 212 Å². The number of nitrogens with zero attached hydrogens (tertiary/aromatic N) is 2. The summed E-state index contributed by atoms with van der Waals surface area (Å²) in [6, 6.07) is 16.7. The zero-order chi connectivity index (χ0) is 26.8. The van der Waals surface area contributed by atoms with Crippen LogP contribution in [0.1, 0.15) is 29.8 Å². The van der Waals surface area contributed by atoms with E-state index in [1.165, 1.54) is 44.5 Å². The molecule has 0 heterocycles. The lowest BCUT2D eigenvalue weighted by Crippen LogP contribution is -2.33. The van der Waals surface area contributed by atoms with E-state index in [9.17, 15) is 19.7 Å². The van der Waals surface area contributed by atoms with Crippen LogP contribution in [0, 0.1) is 10.1 Å². The third-order valence-corrected chi connectivity index (χ3v) is 4.91. The van der Waals surface area contributed by atoms with Crippen LogP contribution < -0.4 is 24.4 Å². The number of amides is 1. The molecule has 0 aliphatic heterocycles. The Hall–Kier alpha value is -4.93. The fourth-order valence-corrected chi connectivity index (χ4v) is 3.01. The number of benzene rings is 3. The third-order valence-electron chi connectivity index (χ3n) is 4.91. The van der Waals surface area contributed by atoms with E-state index in [1.807, 2.05) is 0 Å². The van der Waals surface area contributed by atoms with Crippen LogP contribution in [-0.4, -0.2) is 42.8 Å². The Balaban J connectivity index is 1.60. The van der Waals surface area contributed by atoms with Crippen LogP contribution in [0.25, 0.3) is 0 Å². The molecule has 0 aliphatic rings. The maximum absolute atomic E-state index is 12.5. The Bertz CT molecular complexity index is 1270. The molecule has 1 amide bonds. The number of hydrogen-bond acceptors (Lipinski definition) is 9. The Morgan fingerprint density at radius 3 is 2.32 bits per heavy atom. The maximum Gasteiger partial charge on any atom is 0.343 e. The summed E-state index contributed by atoms with van der Waals surface area (Å²) in [5.74, 6) is 0.403. The number of nitro benzene ring substituents is 1. The largest absolute Gasteiger partial charge is 0.497 e. The van der Waals surface area contributed by atoms with Crippen molar-refractivity contribution in [1.82, 2.24) is 5.43 Å². The quantitative estimate of drug-likeness (QED) is 0.134. The fourth-order valence-electron chi connectivity index (χ4n) is 3.01. The van der Waals surface area contributed by atoms with Gasteiger partial charge in [-0.05, 0) is 74.0 Å². The van der Waals surface area contributed by atoms with Gasteiger partial charge in [-0.1, -0.05) is 0 Å². The molecule has 3 aromatic carbocycles. The van der Waals surface area contributed by atoms with E-state index in [0.29, 0.717) is 35.0 Å². The van der Waals surface area contributed by atoms with E-state index in [-0.39, 0.29) is 11.4 Å². The highest BCUT2D eigenvalue weighted by molar-refractivity contribution is 5.92. The molecule has 0 saturated carbocycles. The van der Waals surface area contributed by atoms with E-state index in [0.717, 1.165) is 0 Å². The van der Waals surface area contributed by atoms with Crippen LogP contribution in [0.3, 0.4) is 0 Å². The summed E-state index contributed by atoms with van der Waals surface area (Å²) >= 11 is 0. The first-order valence-corrected chi connectivity index (χ1v) is 11.2. The highest BCUT2D eigenvalue weighted by Gasteiger charge is 2.16. The van der Waals surface area contributed by atoms with E-state index < -0.39 is 22.9 Å². The number of methoxy groups -OCH3 is 1. The second-order valence-electron chi connectivity index (χ2n) is 7.50. The topological polar surface area (TPSA) is 139 Å². The van der Waals surface area contributed by atoms with Gasteiger partial charge >= 0.3 is 5.97 Å². The first-order chi connectivity index (χ1) is 17.8. The molecule has 3 aromatic rings. The molecule has 0 bridgehead atoms. The van der Waals surface area contributed by atoms with Gasteiger partial charge in [-0.15, -0.1) is 0 Å². The molecule has 1 atom stereocenters. The fraction of sp³-hybridized carbons (Fsp3) is 0.192. The number of nitro groups is 1. The Morgan fingerprint density at radius 1 is 1.03 bits per heavy atom. The van der Waals surface area contributed by atoms with Crippen molar-refractivity contribution in [3.63, 3.8) is 0 Å². The first kappa shape index (κ1) is 26.7. The minimum absolute atomic E-state index is 0.0815. The van der Waals surface area contributed by atoms with E-state index >= 15 is 0 Å².